The van der Waals surface area contributed by atoms with E-state index in [0.29, 0.717) is 12.8 Å². The maximum Gasteiger partial charge on any atom is 0.324 e. The number of hydrogen-bond donors (Lipinski definition) is 0. The number of esters is 1. The summed E-state index contributed by atoms with van der Waals surface area (Å²) >= 11 is 0. The fourth-order valence-corrected chi connectivity index (χ4v) is 4.26. The van der Waals surface area contributed by atoms with E-state index in [0.717, 1.165) is 16.4 Å². The van der Waals surface area contributed by atoms with Crippen molar-refractivity contribution in [3.05, 3.63) is 34.4 Å². The van der Waals surface area contributed by atoms with Gasteiger partial charge in [0.25, 0.3) is 5.69 Å². The van der Waals surface area contributed by atoms with Crippen molar-refractivity contribution in [2.75, 3.05) is 6.54 Å². The average Bonchev–Trinajstić information content (AvgIpc) is 2.47. The topological polar surface area (TPSA) is 107 Å². The van der Waals surface area contributed by atoms with E-state index in [1.165, 1.54) is 12.1 Å². The van der Waals surface area contributed by atoms with Crippen LogP contribution in [0.3, 0.4) is 0 Å². The van der Waals surface area contributed by atoms with E-state index in [2.05, 4.69) is 0 Å². The van der Waals surface area contributed by atoms with Crippen molar-refractivity contribution in [3.63, 3.8) is 0 Å². The van der Waals surface area contributed by atoms with Crippen LogP contribution in [0.5, 0.6) is 0 Å². The first-order valence-corrected chi connectivity index (χ1v) is 7.80. The Morgan fingerprint density at radius 3 is 2.43 bits per heavy atom. The Hall–Kier alpha value is -2.00. The van der Waals surface area contributed by atoms with Crippen LogP contribution in [0.4, 0.5) is 5.69 Å². The zero-order chi connectivity index (χ0) is 15.2. The first-order chi connectivity index (χ1) is 9.89. The molecule has 1 aromatic rings. The first-order valence-electron chi connectivity index (χ1n) is 6.36. The average molecular weight is 312 g/mol. The van der Waals surface area contributed by atoms with Crippen molar-refractivity contribution in [1.82, 2.24) is 4.31 Å². The summed E-state index contributed by atoms with van der Waals surface area (Å²) in [6.07, 6.45) is 0.689. The summed E-state index contributed by atoms with van der Waals surface area (Å²) in [4.78, 5) is 21.6. The molecule has 0 aromatic heterocycles. The molecule has 2 atom stereocenters. The molecule has 21 heavy (non-hydrogen) atoms. The van der Waals surface area contributed by atoms with Gasteiger partial charge in [-0.15, -0.1) is 0 Å². The highest BCUT2D eigenvalue weighted by Crippen LogP contribution is 2.32. The molecule has 0 radical (unpaired) electrons. The van der Waals surface area contributed by atoms with Gasteiger partial charge >= 0.3 is 5.97 Å². The summed E-state index contributed by atoms with van der Waals surface area (Å²) in [5.74, 6) is -0.525. The Labute approximate surface area is 120 Å². The molecular formula is C12H12N2O6S. The van der Waals surface area contributed by atoms with Crippen LogP contribution >= 0.6 is 0 Å². The zero-order valence-electron chi connectivity index (χ0n) is 10.8. The van der Waals surface area contributed by atoms with E-state index < -0.39 is 33.1 Å². The number of morpholine rings is 1. The molecule has 8 nitrogen and oxygen atoms in total. The number of hydrogen-bond acceptors (Lipinski definition) is 6. The Morgan fingerprint density at radius 2 is 1.90 bits per heavy atom. The summed E-state index contributed by atoms with van der Waals surface area (Å²) in [5.41, 5.74) is -0.187. The smallest absolute Gasteiger partial charge is 0.324 e. The van der Waals surface area contributed by atoms with Crippen molar-refractivity contribution in [2.24, 2.45) is 0 Å². The lowest BCUT2D eigenvalue weighted by atomic mass is 9.99. The van der Waals surface area contributed by atoms with Crippen molar-refractivity contribution < 1.29 is 22.9 Å². The van der Waals surface area contributed by atoms with Crippen LogP contribution < -0.4 is 0 Å². The molecule has 0 spiro atoms. The minimum absolute atomic E-state index is 0.0616. The highest BCUT2D eigenvalue weighted by atomic mass is 32.2. The molecule has 3 aliphatic rings. The van der Waals surface area contributed by atoms with E-state index in [1.807, 2.05) is 0 Å². The van der Waals surface area contributed by atoms with Crippen LogP contribution in [0.2, 0.25) is 0 Å². The predicted molar refractivity (Wildman–Crippen MR) is 69.9 cm³/mol. The van der Waals surface area contributed by atoms with Crippen molar-refractivity contribution in [2.45, 2.75) is 29.9 Å². The molecule has 3 saturated heterocycles. The molecule has 0 aliphatic carbocycles. The summed E-state index contributed by atoms with van der Waals surface area (Å²) < 4.78 is 31.3. The predicted octanol–water partition coefficient (Wildman–Crippen LogP) is 0.673. The van der Waals surface area contributed by atoms with Gasteiger partial charge in [-0.2, -0.15) is 4.31 Å². The van der Waals surface area contributed by atoms with E-state index in [-0.39, 0.29) is 17.1 Å². The number of fused-ring (bicyclic) bond motifs is 3. The zero-order valence-corrected chi connectivity index (χ0v) is 11.7. The molecule has 2 bridgehead atoms. The molecule has 1 aromatic carbocycles. The molecule has 0 saturated carbocycles. The monoisotopic (exact) mass is 312 g/mol. The minimum Gasteiger partial charge on any atom is -0.460 e. The maximum absolute atomic E-state index is 12.6. The summed E-state index contributed by atoms with van der Waals surface area (Å²) in [6, 6.07) is 3.83. The number of sulfonamides is 1. The summed E-state index contributed by atoms with van der Waals surface area (Å²) in [7, 11) is -3.86. The van der Waals surface area contributed by atoms with Gasteiger partial charge in [0.1, 0.15) is 12.1 Å². The third-order valence-electron chi connectivity index (χ3n) is 3.70. The van der Waals surface area contributed by atoms with Gasteiger partial charge in [-0.1, -0.05) is 0 Å². The second kappa shape index (κ2) is 4.78. The Bertz CT molecular complexity index is 699. The van der Waals surface area contributed by atoms with Gasteiger partial charge in [0.05, 0.1) is 16.4 Å². The molecule has 4 rings (SSSR count). The first kappa shape index (κ1) is 14.0. The fraction of sp³-hybridized carbons (Fsp3) is 0.417. The fourth-order valence-electron chi connectivity index (χ4n) is 2.62. The van der Waals surface area contributed by atoms with E-state index in [9.17, 15) is 23.3 Å². The molecular weight excluding hydrogens is 300 g/mol. The largest absolute Gasteiger partial charge is 0.460 e. The van der Waals surface area contributed by atoms with E-state index >= 15 is 0 Å². The second-order valence-corrected chi connectivity index (χ2v) is 6.87. The number of benzene rings is 1. The number of non-ortho nitro benzene ring substituents is 1. The molecule has 3 aliphatic heterocycles. The minimum atomic E-state index is -3.86. The number of nitro benzene ring substituents is 1. The van der Waals surface area contributed by atoms with Crippen LogP contribution in [0.25, 0.3) is 0 Å². The van der Waals surface area contributed by atoms with Crippen LogP contribution in [-0.2, 0) is 19.6 Å². The summed E-state index contributed by atoms with van der Waals surface area (Å²) in [5, 5.41) is 10.6. The lowest BCUT2D eigenvalue weighted by Gasteiger charge is -2.42. The third-order valence-corrected chi connectivity index (χ3v) is 5.59. The Kier molecular flexibility index (Phi) is 3.18. The van der Waals surface area contributed by atoms with Crippen molar-refractivity contribution in [3.8, 4) is 0 Å². The highest BCUT2D eigenvalue weighted by Gasteiger charge is 2.47. The number of rotatable bonds is 3. The molecule has 112 valence electrons. The van der Waals surface area contributed by atoms with Gasteiger partial charge in [-0.25, -0.2) is 8.42 Å². The Morgan fingerprint density at radius 1 is 1.24 bits per heavy atom. The number of carbonyl (C=O) groups is 1. The maximum atomic E-state index is 12.6. The number of carbonyl (C=O) groups excluding carboxylic acids is 1. The SMILES string of the molecule is O=C1OC2CC[C@H]1N(S(=O)(=O)c1ccc([N+](=O)[O-])cc1)C2. The molecule has 0 amide bonds. The number of ether oxygens (including phenoxy) is 1. The van der Waals surface area contributed by atoms with Crippen LogP contribution in [0.1, 0.15) is 12.8 Å². The van der Waals surface area contributed by atoms with Gasteiger partial charge in [-0.3, -0.25) is 14.9 Å². The lowest BCUT2D eigenvalue weighted by Crippen LogP contribution is -2.58. The van der Waals surface area contributed by atoms with Crippen molar-refractivity contribution >= 4 is 21.7 Å². The molecule has 3 fully saturated rings. The number of nitro groups is 1. The number of nitrogens with zero attached hydrogens (tertiary/aromatic N) is 2. The van der Waals surface area contributed by atoms with Gasteiger partial charge in [0.2, 0.25) is 10.0 Å². The van der Waals surface area contributed by atoms with Gasteiger partial charge in [0, 0.05) is 12.1 Å². The quantitative estimate of drug-likeness (QED) is 0.461. The summed E-state index contributed by atoms with van der Waals surface area (Å²) in [6.45, 7) is 0.135. The van der Waals surface area contributed by atoms with Crippen LogP contribution in [0, 0.1) is 10.1 Å². The van der Waals surface area contributed by atoms with E-state index in [1.54, 1.807) is 0 Å². The van der Waals surface area contributed by atoms with E-state index in [4.69, 9.17) is 4.74 Å². The standard InChI is InChI=1S/C12H12N2O6S/c15-12-11-6-3-9(20-12)7-13(11)21(18,19)10-4-1-8(2-5-10)14(16)17/h1-2,4-5,9,11H,3,6-7H2/t9?,11-/m1/s1. The molecule has 9 heteroatoms. The van der Waals surface area contributed by atoms with Crippen LogP contribution in [-0.4, -0.2) is 42.3 Å². The van der Waals surface area contributed by atoms with Gasteiger partial charge < -0.3 is 4.74 Å². The molecule has 1 unspecified atom stereocenters. The van der Waals surface area contributed by atoms with Gasteiger partial charge in [-0.05, 0) is 25.0 Å². The highest BCUT2D eigenvalue weighted by molar-refractivity contribution is 7.89. The lowest BCUT2D eigenvalue weighted by molar-refractivity contribution is -0.384. The molecule has 3 heterocycles. The Balaban J connectivity index is 1.93. The second-order valence-electron chi connectivity index (χ2n) is 4.98. The third kappa shape index (κ3) is 2.28. The van der Waals surface area contributed by atoms with Gasteiger partial charge in [0.15, 0.2) is 0 Å². The normalized spacial score (nSPS) is 25.6. The molecule has 0 N–H and O–H groups in total. The van der Waals surface area contributed by atoms with Crippen molar-refractivity contribution in [1.29, 1.82) is 0 Å². The van der Waals surface area contributed by atoms with Crippen LogP contribution in [0.15, 0.2) is 29.2 Å². The number of piperidine rings is 1.